The van der Waals surface area contributed by atoms with Gasteiger partial charge in [0.1, 0.15) is 0 Å². The summed E-state index contributed by atoms with van der Waals surface area (Å²) >= 11 is 0. The average molecular weight is 494 g/mol. The van der Waals surface area contributed by atoms with Crippen molar-refractivity contribution in [1.29, 1.82) is 0 Å². The molecule has 0 aliphatic carbocycles. The zero-order valence-corrected chi connectivity index (χ0v) is 21.0. The molecule has 0 amide bonds. The van der Waals surface area contributed by atoms with Crippen LogP contribution in [0.1, 0.15) is 0 Å². The highest BCUT2D eigenvalue weighted by Crippen LogP contribution is 2.33. The highest BCUT2D eigenvalue weighted by molar-refractivity contribution is 7.79. The first-order chi connectivity index (χ1) is 18.3. The van der Waals surface area contributed by atoms with Gasteiger partial charge in [-0.2, -0.15) is 0 Å². The summed E-state index contributed by atoms with van der Waals surface area (Å²) in [5, 5.41) is 0. The van der Waals surface area contributed by atoms with Crippen LogP contribution in [-0.2, 0) is 0 Å². The second kappa shape index (κ2) is 10.7. The van der Waals surface area contributed by atoms with E-state index in [1.165, 1.54) is 0 Å². The van der Waals surface area contributed by atoms with Gasteiger partial charge in [-0.1, -0.05) is 109 Å². The third-order valence-electron chi connectivity index (χ3n) is 6.10. The highest BCUT2D eigenvalue weighted by atomic mass is 31.1. The van der Waals surface area contributed by atoms with Gasteiger partial charge in [0.15, 0.2) is 0 Å². The minimum Gasteiger partial charge on any atom is -0.247 e. The summed E-state index contributed by atoms with van der Waals surface area (Å²) in [6.07, 6.45) is 0. The molecular formula is C33H24N3P. The van der Waals surface area contributed by atoms with E-state index in [4.69, 9.17) is 15.0 Å². The first kappa shape index (κ1) is 23.0. The maximum absolute atomic E-state index is 5.15. The maximum Gasteiger partial charge on any atom is 0.0760 e. The van der Waals surface area contributed by atoms with Crippen LogP contribution >= 0.6 is 7.92 Å². The van der Waals surface area contributed by atoms with Gasteiger partial charge in [0.05, 0.1) is 33.4 Å². The van der Waals surface area contributed by atoms with Gasteiger partial charge < -0.3 is 0 Å². The van der Waals surface area contributed by atoms with Crippen molar-refractivity contribution in [2.24, 2.45) is 0 Å². The largest absolute Gasteiger partial charge is 0.247 e. The van der Waals surface area contributed by atoms with E-state index in [1.54, 1.807) is 0 Å². The lowest BCUT2D eigenvalue weighted by atomic mass is 10.1. The molecule has 3 aromatic heterocycles. The van der Waals surface area contributed by atoms with Crippen molar-refractivity contribution in [3.8, 4) is 33.8 Å². The van der Waals surface area contributed by atoms with Gasteiger partial charge in [0, 0.05) is 24.6 Å². The summed E-state index contributed by atoms with van der Waals surface area (Å²) in [6, 6.07) is 49.7. The fraction of sp³-hybridized carbons (Fsp3) is 0. The smallest absolute Gasteiger partial charge is 0.0760 e. The zero-order valence-electron chi connectivity index (χ0n) is 20.1. The fourth-order valence-electron chi connectivity index (χ4n) is 4.30. The van der Waals surface area contributed by atoms with Crippen molar-refractivity contribution >= 4 is 24.2 Å². The summed E-state index contributed by atoms with van der Waals surface area (Å²) in [5.41, 5.74) is 9.06. The molecule has 3 aromatic carbocycles. The molecule has 3 nitrogen and oxygen atoms in total. The summed E-state index contributed by atoms with van der Waals surface area (Å²) < 4.78 is 0. The van der Waals surface area contributed by atoms with E-state index in [0.29, 0.717) is 0 Å². The first-order valence-electron chi connectivity index (χ1n) is 12.2. The molecule has 37 heavy (non-hydrogen) atoms. The van der Waals surface area contributed by atoms with Crippen LogP contribution < -0.4 is 16.3 Å². The molecule has 6 aromatic rings. The molecule has 0 spiro atoms. The number of pyridine rings is 3. The van der Waals surface area contributed by atoms with Crippen LogP contribution in [0.2, 0.25) is 0 Å². The van der Waals surface area contributed by atoms with E-state index < -0.39 is 7.92 Å². The molecule has 0 fully saturated rings. The molecule has 0 aliphatic rings. The molecule has 0 atom stereocenters. The van der Waals surface area contributed by atoms with E-state index in [2.05, 4.69) is 91.0 Å². The number of hydrogen-bond acceptors (Lipinski definition) is 3. The van der Waals surface area contributed by atoms with Crippen LogP contribution in [0, 0.1) is 0 Å². The minimum atomic E-state index is -1.10. The number of rotatable bonds is 6. The SMILES string of the molecule is c1ccc(-c2cccc(P(c3cccc(-c4ccccc4)n3)c3cccc(-c4ccccc4)n3)n2)cc1. The molecular weight excluding hydrogens is 469 g/mol. The monoisotopic (exact) mass is 493 g/mol. The van der Waals surface area contributed by atoms with Gasteiger partial charge in [-0.05, 0) is 36.4 Å². The molecule has 6 rings (SSSR count). The van der Waals surface area contributed by atoms with Crippen LogP contribution in [0.5, 0.6) is 0 Å². The normalized spacial score (nSPS) is 10.9. The van der Waals surface area contributed by atoms with E-state index in [-0.39, 0.29) is 0 Å². The van der Waals surface area contributed by atoms with Crippen molar-refractivity contribution in [1.82, 2.24) is 15.0 Å². The lowest BCUT2D eigenvalue weighted by Crippen LogP contribution is -2.27. The van der Waals surface area contributed by atoms with Crippen molar-refractivity contribution in [2.45, 2.75) is 0 Å². The molecule has 0 radical (unpaired) electrons. The highest BCUT2D eigenvalue weighted by Gasteiger charge is 2.22. The molecule has 176 valence electrons. The van der Waals surface area contributed by atoms with Gasteiger partial charge >= 0.3 is 0 Å². The fourth-order valence-corrected chi connectivity index (χ4v) is 6.34. The predicted octanol–water partition coefficient (Wildman–Crippen LogP) is 6.63. The van der Waals surface area contributed by atoms with Crippen molar-refractivity contribution in [2.75, 3.05) is 0 Å². The van der Waals surface area contributed by atoms with Gasteiger partial charge in [0.25, 0.3) is 0 Å². The molecule has 0 aliphatic heterocycles. The standard InChI is InChI=1S/C33H24N3P/c1-4-13-25(14-5-1)28-19-10-22-31(34-28)37(32-23-11-20-29(35-32)26-15-6-2-7-16-26)33-24-12-21-30(36-33)27-17-8-3-9-18-27/h1-24H. The summed E-state index contributed by atoms with van der Waals surface area (Å²) in [5.74, 6) is 0. The van der Waals surface area contributed by atoms with Crippen LogP contribution in [-0.4, -0.2) is 15.0 Å². The predicted molar refractivity (Wildman–Crippen MR) is 155 cm³/mol. The minimum absolute atomic E-state index is 0.948. The lowest BCUT2D eigenvalue weighted by Gasteiger charge is -2.18. The Kier molecular flexibility index (Phi) is 6.62. The topological polar surface area (TPSA) is 38.7 Å². The average Bonchev–Trinajstić information content (AvgIpc) is 2.99. The second-order valence-corrected chi connectivity index (χ2v) is 10.6. The Labute approximate surface area is 218 Å². The van der Waals surface area contributed by atoms with E-state index >= 15 is 0 Å². The second-order valence-electron chi connectivity index (χ2n) is 8.58. The molecule has 0 bridgehead atoms. The zero-order chi connectivity index (χ0) is 24.9. The number of hydrogen-bond donors (Lipinski definition) is 0. The Bertz CT molecular complexity index is 1420. The quantitative estimate of drug-likeness (QED) is 0.245. The Balaban J connectivity index is 1.51. The Hall–Kier alpha value is -4.46. The van der Waals surface area contributed by atoms with Gasteiger partial charge in [-0.25, -0.2) is 15.0 Å². The van der Waals surface area contributed by atoms with Gasteiger partial charge in [-0.15, -0.1) is 0 Å². The van der Waals surface area contributed by atoms with Crippen LogP contribution in [0.25, 0.3) is 33.8 Å². The Morgan fingerprint density at radius 1 is 0.297 bits per heavy atom. The molecule has 4 heteroatoms. The molecule has 0 N–H and O–H groups in total. The van der Waals surface area contributed by atoms with Crippen LogP contribution in [0.3, 0.4) is 0 Å². The van der Waals surface area contributed by atoms with Crippen LogP contribution in [0.15, 0.2) is 146 Å². The van der Waals surface area contributed by atoms with Gasteiger partial charge in [-0.3, -0.25) is 0 Å². The first-order valence-corrected chi connectivity index (χ1v) is 13.6. The number of aromatic nitrogens is 3. The number of benzene rings is 3. The Morgan fingerprint density at radius 2 is 0.595 bits per heavy atom. The van der Waals surface area contributed by atoms with Gasteiger partial charge in [0.2, 0.25) is 0 Å². The Morgan fingerprint density at radius 3 is 0.892 bits per heavy atom. The van der Waals surface area contributed by atoms with E-state index in [1.807, 2.05) is 54.6 Å². The third-order valence-corrected chi connectivity index (χ3v) is 8.22. The number of nitrogens with zero attached hydrogens (tertiary/aromatic N) is 3. The summed E-state index contributed by atoms with van der Waals surface area (Å²) in [4.78, 5) is 15.4. The summed E-state index contributed by atoms with van der Waals surface area (Å²) in [7, 11) is -1.10. The molecule has 3 heterocycles. The molecule has 0 saturated heterocycles. The van der Waals surface area contributed by atoms with Crippen LogP contribution in [0.4, 0.5) is 0 Å². The summed E-state index contributed by atoms with van der Waals surface area (Å²) in [6.45, 7) is 0. The van der Waals surface area contributed by atoms with E-state index in [9.17, 15) is 0 Å². The maximum atomic E-state index is 5.15. The van der Waals surface area contributed by atoms with Crippen molar-refractivity contribution in [3.05, 3.63) is 146 Å². The van der Waals surface area contributed by atoms with Crippen molar-refractivity contribution in [3.63, 3.8) is 0 Å². The van der Waals surface area contributed by atoms with Crippen molar-refractivity contribution < 1.29 is 0 Å². The lowest BCUT2D eigenvalue weighted by molar-refractivity contribution is 1.35. The molecule has 0 unspecified atom stereocenters. The molecule has 0 saturated carbocycles. The van der Waals surface area contributed by atoms with E-state index in [0.717, 1.165) is 50.1 Å². The third kappa shape index (κ3) is 5.09.